The van der Waals surface area contributed by atoms with Gasteiger partial charge >= 0.3 is 13.5 Å². The van der Waals surface area contributed by atoms with Crippen LogP contribution < -0.4 is 19.8 Å². The fourth-order valence-corrected chi connectivity index (χ4v) is 11.7. The molecule has 14 nitrogen and oxygen atoms in total. The zero-order valence-electron chi connectivity index (χ0n) is 33.7. The number of thiophene rings is 1. The van der Waals surface area contributed by atoms with Crippen LogP contribution in [0.25, 0.3) is 10.1 Å². The van der Waals surface area contributed by atoms with Gasteiger partial charge in [0.05, 0.1) is 17.6 Å². The average Bonchev–Trinajstić information content (AvgIpc) is 3.77. The Morgan fingerprint density at radius 1 is 1.05 bits per heavy atom. The second kappa shape index (κ2) is 17.4. The van der Waals surface area contributed by atoms with Gasteiger partial charge in [0.1, 0.15) is 36.0 Å². The van der Waals surface area contributed by atoms with Gasteiger partial charge in [0, 0.05) is 54.6 Å². The number of hydrogen-bond acceptors (Lipinski definition) is 11. The van der Waals surface area contributed by atoms with Crippen molar-refractivity contribution in [1.29, 1.82) is 0 Å². The molecule has 4 aliphatic heterocycles. The lowest BCUT2D eigenvalue weighted by Gasteiger charge is -2.44. The largest absolute Gasteiger partial charge is 0.465 e. The maximum atomic E-state index is 14.4. The monoisotopic (exact) mass is 841 g/mol. The summed E-state index contributed by atoms with van der Waals surface area (Å²) in [7, 11) is -3.69. The molecule has 4 aromatic rings. The lowest BCUT2D eigenvalue weighted by molar-refractivity contribution is -0.148. The van der Waals surface area contributed by atoms with Gasteiger partial charge in [-0.1, -0.05) is 38.1 Å². The van der Waals surface area contributed by atoms with Crippen molar-refractivity contribution in [3.8, 4) is 5.75 Å². The number of aromatic nitrogens is 2. The highest BCUT2D eigenvalue weighted by atomic mass is 32.1. The molecule has 2 N–H and O–H groups in total. The number of nitrogens with zero attached hydrogens (tertiary/aromatic N) is 5. The molecule has 0 spiro atoms. The van der Waals surface area contributed by atoms with E-state index in [1.807, 2.05) is 42.3 Å². The van der Waals surface area contributed by atoms with E-state index in [4.69, 9.17) is 9.26 Å². The predicted octanol–water partition coefficient (Wildman–Crippen LogP) is 6.12. The summed E-state index contributed by atoms with van der Waals surface area (Å²) in [5, 5.41) is 6.74. The number of anilines is 1. The minimum atomic E-state index is -3.69. The van der Waals surface area contributed by atoms with E-state index < -0.39 is 31.6 Å². The van der Waals surface area contributed by atoms with E-state index in [9.17, 15) is 23.7 Å². The normalized spacial score (nSPS) is 23.4. The molecule has 4 saturated heterocycles. The quantitative estimate of drug-likeness (QED) is 0.111. The molecular formula is C43H52N7O7PS. The minimum absolute atomic E-state index is 0.0235. The number of rotatable bonds is 14. The smallest absolute Gasteiger partial charge is 0.323 e. The van der Waals surface area contributed by atoms with Crippen LogP contribution in [0.1, 0.15) is 86.0 Å². The van der Waals surface area contributed by atoms with Gasteiger partial charge in [0.25, 0.3) is 5.91 Å². The first-order valence-corrected chi connectivity index (χ1v) is 23.4. The molecule has 0 saturated carbocycles. The van der Waals surface area contributed by atoms with Crippen molar-refractivity contribution in [2.75, 3.05) is 37.7 Å². The molecule has 6 heterocycles. The average molecular weight is 842 g/mol. The number of benzene rings is 2. The minimum Gasteiger partial charge on any atom is -0.465 e. The van der Waals surface area contributed by atoms with E-state index in [0.29, 0.717) is 48.5 Å². The highest BCUT2D eigenvalue weighted by Crippen LogP contribution is 2.48. The number of amides is 3. The number of esters is 1. The van der Waals surface area contributed by atoms with E-state index >= 15 is 0 Å². The van der Waals surface area contributed by atoms with Crippen LogP contribution in [-0.4, -0.2) is 100 Å². The van der Waals surface area contributed by atoms with E-state index in [-0.39, 0.29) is 48.4 Å². The zero-order valence-corrected chi connectivity index (χ0v) is 35.5. The lowest BCUT2D eigenvalue weighted by Crippen LogP contribution is -2.58. The van der Waals surface area contributed by atoms with Crippen molar-refractivity contribution in [2.45, 2.75) is 95.5 Å². The van der Waals surface area contributed by atoms with Gasteiger partial charge in [-0.25, -0.2) is 15.1 Å². The highest BCUT2D eigenvalue weighted by molar-refractivity contribution is 7.56. The third kappa shape index (κ3) is 8.88. The molecule has 4 fully saturated rings. The summed E-state index contributed by atoms with van der Waals surface area (Å²) < 4.78 is 26.5. The highest BCUT2D eigenvalue weighted by Gasteiger charge is 2.49. The maximum absolute atomic E-state index is 14.4. The van der Waals surface area contributed by atoms with Crippen molar-refractivity contribution in [1.82, 2.24) is 30.2 Å². The third-order valence-electron chi connectivity index (χ3n) is 11.8. The SMILES string of the molecule is CCCOC(=O)[C@H](C)NP(=O)(Cc1ccc2sc(C(=O)N[C@H]3C[C@@H](C)C[C@H]4CC[C@@H](C(=O)N5CC(c6cncnc6N6CCC6)C5)N4C3=O)cc2c1)Oc1ccccc1. The Labute approximate surface area is 348 Å². The number of carbonyl (C=O) groups is 4. The van der Waals surface area contributed by atoms with Crippen molar-refractivity contribution in [3.63, 3.8) is 0 Å². The number of fused-ring (bicyclic) bond motifs is 2. The molecule has 8 rings (SSSR count). The molecule has 2 aromatic carbocycles. The summed E-state index contributed by atoms with van der Waals surface area (Å²) in [6.45, 7) is 8.97. The van der Waals surface area contributed by atoms with E-state index in [1.165, 1.54) is 11.3 Å². The number of nitrogens with one attached hydrogen (secondary N) is 2. The summed E-state index contributed by atoms with van der Waals surface area (Å²) in [6, 6.07) is 13.9. The third-order valence-corrected chi connectivity index (χ3v) is 15.0. The van der Waals surface area contributed by atoms with Crippen LogP contribution in [0.2, 0.25) is 0 Å². The van der Waals surface area contributed by atoms with Gasteiger partial charge in [0.2, 0.25) is 11.8 Å². The number of likely N-dealkylation sites (tertiary alicyclic amines) is 1. The molecule has 312 valence electrons. The molecule has 0 bridgehead atoms. The molecule has 2 aromatic heterocycles. The van der Waals surface area contributed by atoms with Crippen LogP contribution >= 0.6 is 18.9 Å². The molecular weight excluding hydrogens is 790 g/mol. The Morgan fingerprint density at radius 3 is 2.59 bits per heavy atom. The molecule has 3 amide bonds. The van der Waals surface area contributed by atoms with Crippen molar-refractivity contribution in [3.05, 3.63) is 83.1 Å². The summed E-state index contributed by atoms with van der Waals surface area (Å²) in [5.41, 5.74) is 1.76. The summed E-state index contributed by atoms with van der Waals surface area (Å²) in [5.74, 6) is 0.588. The molecule has 0 aliphatic carbocycles. The fourth-order valence-electron chi connectivity index (χ4n) is 8.74. The number of carbonyl (C=O) groups excluding carboxylic acids is 4. The van der Waals surface area contributed by atoms with Gasteiger partial charge in [0.15, 0.2) is 0 Å². The summed E-state index contributed by atoms with van der Waals surface area (Å²) in [4.78, 5) is 70.0. The summed E-state index contributed by atoms with van der Waals surface area (Å²) in [6.07, 6.45) is 7.88. The first kappa shape index (κ1) is 40.9. The van der Waals surface area contributed by atoms with Crippen LogP contribution in [0.3, 0.4) is 0 Å². The fraction of sp³-hybridized carbons (Fsp3) is 0.488. The Balaban J connectivity index is 0.938. The Bertz CT molecular complexity index is 2250. The maximum Gasteiger partial charge on any atom is 0.323 e. The van der Waals surface area contributed by atoms with Gasteiger partial charge in [-0.2, -0.15) is 0 Å². The molecule has 0 radical (unpaired) electrons. The number of para-hydroxylation sites is 1. The number of ether oxygens (including phenoxy) is 1. The van der Waals surface area contributed by atoms with Gasteiger partial charge in [-0.05, 0) is 92.6 Å². The summed E-state index contributed by atoms with van der Waals surface area (Å²) >= 11 is 1.31. The molecule has 59 heavy (non-hydrogen) atoms. The second-order valence-corrected chi connectivity index (χ2v) is 19.6. The van der Waals surface area contributed by atoms with E-state index in [2.05, 4.69) is 32.2 Å². The van der Waals surface area contributed by atoms with Crippen molar-refractivity contribution in [2.24, 2.45) is 5.92 Å². The topological polar surface area (TPSA) is 163 Å². The van der Waals surface area contributed by atoms with Crippen LogP contribution in [0.15, 0.2) is 67.1 Å². The molecule has 6 atom stereocenters. The van der Waals surface area contributed by atoms with Gasteiger partial charge in [-0.15, -0.1) is 11.3 Å². The molecule has 16 heteroatoms. The van der Waals surface area contributed by atoms with Gasteiger partial charge < -0.3 is 29.3 Å². The molecule has 1 unspecified atom stereocenters. The van der Waals surface area contributed by atoms with E-state index in [1.54, 1.807) is 48.5 Å². The number of hydrogen-bond donors (Lipinski definition) is 2. The second-order valence-electron chi connectivity index (χ2n) is 16.4. The first-order chi connectivity index (χ1) is 28.5. The van der Waals surface area contributed by atoms with Crippen LogP contribution in [0.5, 0.6) is 5.75 Å². The zero-order chi connectivity index (χ0) is 41.3. The van der Waals surface area contributed by atoms with Crippen molar-refractivity contribution < 1.29 is 33.0 Å². The Kier molecular flexibility index (Phi) is 12.1. The lowest BCUT2D eigenvalue weighted by atomic mass is 9.91. The van der Waals surface area contributed by atoms with E-state index in [0.717, 1.165) is 53.8 Å². The Morgan fingerprint density at radius 2 is 1.85 bits per heavy atom. The first-order valence-electron chi connectivity index (χ1n) is 20.8. The Hall–Kier alpha value is -4.85. The molecule has 4 aliphatic rings. The van der Waals surface area contributed by atoms with Crippen LogP contribution in [-0.2, 0) is 29.8 Å². The standard InChI is InChI=1S/C43H52N7O7PS/c1-4-17-56-43(54)28(3)47-58(55,57-33-9-6-5-7-10-33)25-29-11-14-37-30(20-29)21-38(59-37)40(51)46-35-19-27(2)18-32-12-13-36(50(32)41(35)52)42(53)49-23-31(24-49)34-22-44-26-45-39(34)48-15-8-16-48/h5-7,9-11,14,20-22,26-28,31-32,35-36H,4,8,12-13,15-19,23-25H2,1-3H3,(H,46,51)(H,47,55)/t27-,28-,32+,35-,36-,58?/m0/s1. The van der Waals surface area contributed by atoms with Crippen LogP contribution in [0, 0.1) is 5.92 Å². The predicted molar refractivity (Wildman–Crippen MR) is 226 cm³/mol. The van der Waals surface area contributed by atoms with Crippen molar-refractivity contribution >= 4 is 58.5 Å². The van der Waals surface area contributed by atoms with Crippen LogP contribution in [0.4, 0.5) is 5.82 Å². The van der Waals surface area contributed by atoms with Gasteiger partial charge in [-0.3, -0.25) is 23.7 Å².